The van der Waals surface area contributed by atoms with Crippen LogP contribution in [0.5, 0.6) is 5.75 Å². The predicted molar refractivity (Wildman–Crippen MR) is 89.4 cm³/mol. The molecule has 0 saturated carbocycles. The van der Waals surface area contributed by atoms with Gasteiger partial charge in [-0.25, -0.2) is 0 Å². The fraction of sp³-hybridized carbons (Fsp3) is 0.278. The first-order chi connectivity index (χ1) is 10.7. The van der Waals surface area contributed by atoms with Gasteiger partial charge in [-0.15, -0.1) is 0 Å². The SMILES string of the molecule is COc1ccc(CCNCC(=O)Nc2ccc(C)cc2)cc1. The second-order valence-corrected chi connectivity index (χ2v) is 5.19. The molecule has 2 aromatic rings. The van der Waals surface area contributed by atoms with Gasteiger partial charge in [0.05, 0.1) is 13.7 Å². The molecule has 0 spiro atoms. The molecule has 0 fully saturated rings. The van der Waals surface area contributed by atoms with Crippen molar-refractivity contribution in [2.75, 3.05) is 25.5 Å². The van der Waals surface area contributed by atoms with E-state index in [1.807, 2.05) is 55.5 Å². The number of amides is 1. The van der Waals surface area contributed by atoms with Crippen LogP contribution in [0.3, 0.4) is 0 Å². The van der Waals surface area contributed by atoms with Crippen molar-refractivity contribution in [1.82, 2.24) is 5.32 Å². The summed E-state index contributed by atoms with van der Waals surface area (Å²) in [6, 6.07) is 15.7. The maximum atomic E-state index is 11.8. The molecule has 116 valence electrons. The number of nitrogens with one attached hydrogen (secondary N) is 2. The van der Waals surface area contributed by atoms with Crippen molar-refractivity contribution < 1.29 is 9.53 Å². The lowest BCUT2D eigenvalue weighted by Crippen LogP contribution is -2.29. The summed E-state index contributed by atoms with van der Waals surface area (Å²) < 4.78 is 5.12. The van der Waals surface area contributed by atoms with E-state index in [0.717, 1.165) is 24.4 Å². The molecule has 0 aliphatic carbocycles. The Hall–Kier alpha value is -2.33. The lowest BCUT2D eigenvalue weighted by atomic mass is 10.1. The van der Waals surface area contributed by atoms with Gasteiger partial charge in [-0.2, -0.15) is 0 Å². The van der Waals surface area contributed by atoms with Crippen molar-refractivity contribution >= 4 is 11.6 Å². The molecule has 1 amide bonds. The Labute approximate surface area is 131 Å². The van der Waals surface area contributed by atoms with E-state index in [1.54, 1.807) is 7.11 Å². The van der Waals surface area contributed by atoms with Crippen LogP contribution in [0.4, 0.5) is 5.69 Å². The van der Waals surface area contributed by atoms with E-state index >= 15 is 0 Å². The highest BCUT2D eigenvalue weighted by atomic mass is 16.5. The molecular weight excluding hydrogens is 276 g/mol. The number of carbonyl (C=O) groups is 1. The van der Waals surface area contributed by atoms with Crippen LogP contribution in [-0.2, 0) is 11.2 Å². The quantitative estimate of drug-likeness (QED) is 0.773. The molecule has 0 saturated heterocycles. The van der Waals surface area contributed by atoms with E-state index in [1.165, 1.54) is 11.1 Å². The van der Waals surface area contributed by atoms with Gasteiger partial charge in [-0.1, -0.05) is 29.8 Å². The maximum absolute atomic E-state index is 11.8. The number of carbonyl (C=O) groups excluding carboxylic acids is 1. The average molecular weight is 298 g/mol. The zero-order valence-electron chi connectivity index (χ0n) is 13.1. The zero-order valence-corrected chi connectivity index (χ0v) is 13.1. The van der Waals surface area contributed by atoms with E-state index < -0.39 is 0 Å². The molecule has 2 aromatic carbocycles. The van der Waals surface area contributed by atoms with Gasteiger partial charge in [-0.05, 0) is 49.7 Å². The Morgan fingerprint density at radius 3 is 2.36 bits per heavy atom. The Balaban J connectivity index is 1.67. The summed E-state index contributed by atoms with van der Waals surface area (Å²) in [6.07, 6.45) is 0.877. The van der Waals surface area contributed by atoms with Crippen molar-refractivity contribution in [3.05, 3.63) is 59.7 Å². The van der Waals surface area contributed by atoms with Gasteiger partial charge in [-0.3, -0.25) is 4.79 Å². The van der Waals surface area contributed by atoms with Gasteiger partial charge in [0.25, 0.3) is 0 Å². The molecule has 0 aliphatic rings. The third kappa shape index (κ3) is 5.22. The van der Waals surface area contributed by atoms with E-state index in [2.05, 4.69) is 10.6 Å². The smallest absolute Gasteiger partial charge is 0.238 e. The van der Waals surface area contributed by atoms with E-state index in [-0.39, 0.29) is 5.91 Å². The molecule has 2 N–H and O–H groups in total. The number of benzene rings is 2. The van der Waals surface area contributed by atoms with Crippen LogP contribution in [0.15, 0.2) is 48.5 Å². The van der Waals surface area contributed by atoms with Crippen LogP contribution < -0.4 is 15.4 Å². The number of hydrogen-bond donors (Lipinski definition) is 2. The molecule has 4 nitrogen and oxygen atoms in total. The summed E-state index contributed by atoms with van der Waals surface area (Å²) in [7, 11) is 1.66. The standard InChI is InChI=1S/C18H22N2O2/c1-14-3-7-16(8-4-14)20-18(21)13-19-12-11-15-5-9-17(22-2)10-6-15/h3-10,19H,11-13H2,1-2H3,(H,20,21). The highest BCUT2D eigenvalue weighted by Gasteiger charge is 2.01. The van der Waals surface area contributed by atoms with Gasteiger partial charge in [0.15, 0.2) is 0 Å². The maximum Gasteiger partial charge on any atom is 0.238 e. The summed E-state index contributed by atoms with van der Waals surface area (Å²) in [5, 5.41) is 6.02. The highest BCUT2D eigenvalue weighted by Crippen LogP contribution is 2.11. The first-order valence-corrected chi connectivity index (χ1v) is 7.37. The second kappa shape index (κ2) is 8.20. The number of aryl methyl sites for hydroxylation is 1. The van der Waals surface area contributed by atoms with Gasteiger partial charge in [0, 0.05) is 5.69 Å². The van der Waals surface area contributed by atoms with Crippen molar-refractivity contribution in [2.45, 2.75) is 13.3 Å². The Morgan fingerprint density at radius 1 is 1.05 bits per heavy atom. The Morgan fingerprint density at radius 2 is 1.73 bits per heavy atom. The molecule has 0 aliphatic heterocycles. The van der Waals surface area contributed by atoms with E-state index in [0.29, 0.717) is 6.54 Å². The monoisotopic (exact) mass is 298 g/mol. The van der Waals surface area contributed by atoms with E-state index in [9.17, 15) is 4.79 Å². The number of methoxy groups -OCH3 is 1. The summed E-state index contributed by atoms with van der Waals surface area (Å²) in [5.74, 6) is 0.827. The first kappa shape index (κ1) is 16.0. The van der Waals surface area contributed by atoms with Crippen molar-refractivity contribution in [3.63, 3.8) is 0 Å². The average Bonchev–Trinajstić information content (AvgIpc) is 2.54. The first-order valence-electron chi connectivity index (χ1n) is 7.37. The normalized spacial score (nSPS) is 10.3. The van der Waals surface area contributed by atoms with E-state index in [4.69, 9.17) is 4.74 Å². The van der Waals surface area contributed by atoms with Gasteiger partial charge in [0.1, 0.15) is 5.75 Å². The molecule has 0 unspecified atom stereocenters. The fourth-order valence-electron chi connectivity index (χ4n) is 2.07. The Kier molecular flexibility index (Phi) is 5.98. The molecule has 0 atom stereocenters. The molecule has 4 heteroatoms. The molecule has 0 bridgehead atoms. The molecule has 0 radical (unpaired) electrons. The lowest BCUT2D eigenvalue weighted by molar-refractivity contribution is -0.115. The predicted octanol–water partition coefficient (Wildman–Crippen LogP) is 2.77. The van der Waals surface area contributed by atoms with Gasteiger partial charge in [0.2, 0.25) is 5.91 Å². The Bertz CT molecular complexity index is 591. The number of rotatable bonds is 7. The largest absolute Gasteiger partial charge is 0.497 e. The zero-order chi connectivity index (χ0) is 15.8. The third-order valence-corrected chi connectivity index (χ3v) is 3.37. The van der Waals surface area contributed by atoms with Crippen LogP contribution in [0.25, 0.3) is 0 Å². The van der Waals surface area contributed by atoms with Gasteiger partial charge >= 0.3 is 0 Å². The summed E-state index contributed by atoms with van der Waals surface area (Å²) in [6.45, 7) is 3.09. The lowest BCUT2D eigenvalue weighted by Gasteiger charge is -2.07. The molecule has 22 heavy (non-hydrogen) atoms. The minimum atomic E-state index is -0.0291. The minimum Gasteiger partial charge on any atom is -0.497 e. The van der Waals surface area contributed by atoms with Crippen molar-refractivity contribution in [2.24, 2.45) is 0 Å². The van der Waals surface area contributed by atoms with Crippen LogP contribution in [-0.4, -0.2) is 26.1 Å². The van der Waals surface area contributed by atoms with Crippen molar-refractivity contribution in [1.29, 1.82) is 0 Å². The molecule has 0 heterocycles. The van der Waals surface area contributed by atoms with Crippen LogP contribution in [0.2, 0.25) is 0 Å². The third-order valence-electron chi connectivity index (χ3n) is 3.37. The summed E-state index contributed by atoms with van der Waals surface area (Å²) in [4.78, 5) is 11.8. The summed E-state index contributed by atoms with van der Waals surface area (Å²) in [5.41, 5.74) is 3.22. The second-order valence-electron chi connectivity index (χ2n) is 5.19. The number of ether oxygens (including phenoxy) is 1. The van der Waals surface area contributed by atoms with Crippen LogP contribution in [0, 0.1) is 6.92 Å². The topological polar surface area (TPSA) is 50.4 Å². The molecular formula is C18H22N2O2. The summed E-state index contributed by atoms with van der Waals surface area (Å²) >= 11 is 0. The highest BCUT2D eigenvalue weighted by molar-refractivity contribution is 5.92. The van der Waals surface area contributed by atoms with Crippen LogP contribution >= 0.6 is 0 Å². The number of hydrogen-bond acceptors (Lipinski definition) is 3. The fourth-order valence-corrected chi connectivity index (χ4v) is 2.07. The van der Waals surface area contributed by atoms with Crippen LogP contribution in [0.1, 0.15) is 11.1 Å². The van der Waals surface area contributed by atoms with Gasteiger partial charge < -0.3 is 15.4 Å². The molecule has 2 rings (SSSR count). The minimum absolute atomic E-state index is 0.0291. The van der Waals surface area contributed by atoms with Crippen molar-refractivity contribution in [3.8, 4) is 5.75 Å². The number of anilines is 1. The molecule has 0 aromatic heterocycles.